The van der Waals surface area contributed by atoms with Gasteiger partial charge in [0.2, 0.25) is 5.91 Å². The lowest BCUT2D eigenvalue weighted by atomic mass is 10.1. The molecule has 3 rings (SSSR count). The van der Waals surface area contributed by atoms with Gasteiger partial charge in [0, 0.05) is 28.8 Å². The number of rotatable bonds is 5. The highest BCUT2D eigenvalue weighted by atomic mass is 19.1. The van der Waals surface area contributed by atoms with E-state index in [4.69, 9.17) is 0 Å². The summed E-state index contributed by atoms with van der Waals surface area (Å²) in [6.07, 6.45) is 0.830. The largest absolute Gasteiger partial charge is 0.505 e. The minimum absolute atomic E-state index is 0.0243. The molecule has 1 atom stereocenters. The zero-order chi connectivity index (χ0) is 21.3. The van der Waals surface area contributed by atoms with Crippen LogP contribution in [0.3, 0.4) is 0 Å². The van der Waals surface area contributed by atoms with Crippen LogP contribution in [-0.4, -0.2) is 27.5 Å². The van der Waals surface area contributed by atoms with Gasteiger partial charge in [0.1, 0.15) is 0 Å². The Balaban J connectivity index is 2.13. The van der Waals surface area contributed by atoms with Crippen molar-refractivity contribution in [3.05, 3.63) is 64.6 Å². The molecule has 2 N–H and O–H groups in total. The number of benzene rings is 2. The number of aryl methyl sites for hydroxylation is 1. The third-order valence-electron chi connectivity index (χ3n) is 5.26. The Labute approximate surface area is 169 Å². The minimum Gasteiger partial charge on any atom is -0.505 e. The van der Waals surface area contributed by atoms with Gasteiger partial charge in [-0.1, -0.05) is 24.6 Å². The summed E-state index contributed by atoms with van der Waals surface area (Å²) in [6.45, 7) is 7.54. The van der Waals surface area contributed by atoms with Gasteiger partial charge in [-0.2, -0.15) is 0 Å². The smallest absolute Gasteiger partial charge is 0.262 e. The van der Waals surface area contributed by atoms with E-state index in [9.17, 15) is 19.1 Å². The fourth-order valence-electron chi connectivity index (χ4n) is 3.39. The van der Waals surface area contributed by atoms with Crippen LogP contribution in [-0.2, 0) is 11.2 Å². The van der Waals surface area contributed by atoms with Gasteiger partial charge < -0.3 is 10.4 Å². The molecule has 0 saturated carbocycles. The number of nitrogens with one attached hydrogen (secondary N) is 1. The van der Waals surface area contributed by atoms with Gasteiger partial charge in [-0.3, -0.25) is 14.2 Å². The number of hydrogen-bond acceptors (Lipinski definition) is 3. The van der Waals surface area contributed by atoms with Crippen LogP contribution in [0.1, 0.15) is 47.4 Å². The molecule has 1 amide bonds. The lowest BCUT2D eigenvalue weighted by Gasteiger charge is -2.12. The van der Waals surface area contributed by atoms with Gasteiger partial charge in [0.15, 0.2) is 11.6 Å². The van der Waals surface area contributed by atoms with Gasteiger partial charge in [-0.25, -0.2) is 4.39 Å². The van der Waals surface area contributed by atoms with E-state index in [-0.39, 0.29) is 24.3 Å². The number of halogens is 1. The van der Waals surface area contributed by atoms with Crippen molar-refractivity contribution in [3.63, 3.8) is 0 Å². The van der Waals surface area contributed by atoms with Crippen LogP contribution in [0.25, 0.3) is 10.9 Å². The van der Waals surface area contributed by atoms with Crippen LogP contribution in [0.5, 0.6) is 5.75 Å². The number of hydrogen-bond donors (Lipinski definition) is 2. The van der Waals surface area contributed by atoms with E-state index in [1.807, 2.05) is 32.9 Å². The molecule has 0 aliphatic rings. The molecule has 0 bridgehead atoms. The lowest BCUT2D eigenvalue weighted by Crippen LogP contribution is -2.33. The van der Waals surface area contributed by atoms with Crippen LogP contribution in [0.15, 0.2) is 36.4 Å². The molecule has 0 aliphatic heterocycles. The summed E-state index contributed by atoms with van der Waals surface area (Å²) in [6, 6.07) is 9.55. The van der Waals surface area contributed by atoms with Crippen molar-refractivity contribution in [1.29, 1.82) is 0 Å². The molecule has 0 aliphatic carbocycles. The number of aromatic nitrogens is 1. The van der Waals surface area contributed by atoms with E-state index in [0.717, 1.165) is 18.1 Å². The Kier molecular flexibility index (Phi) is 5.73. The minimum atomic E-state index is -0.816. The van der Waals surface area contributed by atoms with E-state index >= 15 is 0 Å². The summed E-state index contributed by atoms with van der Waals surface area (Å²) < 4.78 is 15.5. The number of fused-ring (bicyclic) bond motifs is 1. The molecule has 0 fully saturated rings. The maximum Gasteiger partial charge on any atom is 0.262 e. The number of phenols is 1. The van der Waals surface area contributed by atoms with Gasteiger partial charge in [-0.05, 0) is 51.0 Å². The fraction of sp³-hybridized carbons (Fsp3) is 0.304. The lowest BCUT2D eigenvalue weighted by molar-refractivity contribution is -0.121. The summed E-state index contributed by atoms with van der Waals surface area (Å²) in [5.74, 6) is -1.83. The molecule has 0 radical (unpaired) electrons. The normalized spacial score (nSPS) is 12.2. The molecule has 2 aromatic carbocycles. The standard InChI is InChI=1S/C23H25FN2O3/c1-5-14(3)25-22(28)11-17-15(4)26(20-12-19(24)21(27)10-18(17)20)23(29)16-8-6-13(2)7-9-16/h6-10,12,14,27H,5,11H2,1-4H3,(H,25,28). The second kappa shape index (κ2) is 8.07. The summed E-state index contributed by atoms with van der Waals surface area (Å²) >= 11 is 0. The van der Waals surface area contributed by atoms with Gasteiger partial charge in [-0.15, -0.1) is 0 Å². The highest BCUT2D eigenvalue weighted by Gasteiger charge is 2.23. The Morgan fingerprint density at radius 2 is 1.83 bits per heavy atom. The maximum absolute atomic E-state index is 14.1. The molecule has 5 nitrogen and oxygen atoms in total. The van der Waals surface area contributed by atoms with Crippen molar-refractivity contribution in [2.24, 2.45) is 0 Å². The molecule has 1 unspecified atom stereocenters. The summed E-state index contributed by atoms with van der Waals surface area (Å²) in [4.78, 5) is 25.7. The van der Waals surface area contributed by atoms with Crippen molar-refractivity contribution in [2.75, 3.05) is 0 Å². The number of nitrogens with zero attached hydrogens (tertiary/aromatic N) is 1. The Hall–Kier alpha value is -3.15. The van der Waals surface area contributed by atoms with Crippen LogP contribution in [0.2, 0.25) is 0 Å². The van der Waals surface area contributed by atoms with Crippen molar-refractivity contribution < 1.29 is 19.1 Å². The average Bonchev–Trinajstić information content (AvgIpc) is 2.93. The van der Waals surface area contributed by atoms with Gasteiger partial charge in [0.05, 0.1) is 11.9 Å². The zero-order valence-corrected chi connectivity index (χ0v) is 17.0. The first-order valence-electron chi connectivity index (χ1n) is 9.66. The molecule has 1 aromatic heterocycles. The molecule has 0 spiro atoms. The van der Waals surface area contributed by atoms with Crippen LogP contribution in [0, 0.1) is 19.7 Å². The first-order chi connectivity index (χ1) is 13.7. The predicted molar refractivity (Wildman–Crippen MR) is 111 cm³/mol. The Bertz CT molecular complexity index is 1080. The summed E-state index contributed by atoms with van der Waals surface area (Å²) in [7, 11) is 0. The Morgan fingerprint density at radius 1 is 1.17 bits per heavy atom. The third kappa shape index (κ3) is 4.01. The molecule has 0 saturated heterocycles. The first-order valence-corrected chi connectivity index (χ1v) is 9.66. The third-order valence-corrected chi connectivity index (χ3v) is 5.26. The topological polar surface area (TPSA) is 71.3 Å². The first kappa shape index (κ1) is 20.6. The van der Waals surface area contributed by atoms with E-state index < -0.39 is 11.6 Å². The van der Waals surface area contributed by atoms with Crippen LogP contribution < -0.4 is 5.32 Å². The fourth-order valence-corrected chi connectivity index (χ4v) is 3.39. The molecular weight excluding hydrogens is 371 g/mol. The highest BCUT2D eigenvalue weighted by molar-refractivity contribution is 6.05. The molecule has 3 aromatic rings. The highest BCUT2D eigenvalue weighted by Crippen LogP contribution is 2.32. The molecule has 152 valence electrons. The van der Waals surface area contributed by atoms with Crippen molar-refractivity contribution in [1.82, 2.24) is 9.88 Å². The quantitative estimate of drug-likeness (QED) is 0.677. The SMILES string of the molecule is CCC(C)NC(=O)Cc1c(C)n(C(=O)c2ccc(C)cc2)c2cc(F)c(O)cc12. The van der Waals surface area contributed by atoms with E-state index in [2.05, 4.69) is 5.32 Å². The zero-order valence-electron chi connectivity index (χ0n) is 17.0. The predicted octanol–water partition coefficient (Wildman–Crippen LogP) is 4.25. The van der Waals surface area contributed by atoms with Crippen LogP contribution >= 0.6 is 0 Å². The van der Waals surface area contributed by atoms with Crippen molar-refractivity contribution in [3.8, 4) is 5.75 Å². The molecule has 1 heterocycles. The second-order valence-electron chi connectivity index (χ2n) is 7.44. The molecule has 29 heavy (non-hydrogen) atoms. The van der Waals surface area contributed by atoms with Gasteiger partial charge in [0.25, 0.3) is 5.91 Å². The molecular formula is C23H25FN2O3. The van der Waals surface area contributed by atoms with Crippen molar-refractivity contribution in [2.45, 2.75) is 46.6 Å². The van der Waals surface area contributed by atoms with Crippen LogP contribution in [0.4, 0.5) is 4.39 Å². The van der Waals surface area contributed by atoms with E-state index in [1.54, 1.807) is 19.1 Å². The van der Waals surface area contributed by atoms with Crippen molar-refractivity contribution >= 4 is 22.7 Å². The second-order valence-corrected chi connectivity index (χ2v) is 7.44. The average molecular weight is 396 g/mol. The summed E-state index contributed by atoms with van der Waals surface area (Å²) in [5.41, 5.74) is 2.95. The summed E-state index contributed by atoms with van der Waals surface area (Å²) in [5, 5.41) is 13.3. The number of phenolic OH excluding ortho intramolecular Hbond substituents is 1. The maximum atomic E-state index is 14.1. The van der Waals surface area contributed by atoms with Gasteiger partial charge >= 0.3 is 0 Å². The Morgan fingerprint density at radius 3 is 2.45 bits per heavy atom. The number of carbonyl (C=O) groups is 2. The number of amides is 1. The number of carbonyl (C=O) groups excluding carboxylic acids is 2. The van der Waals surface area contributed by atoms with E-state index in [0.29, 0.717) is 27.7 Å². The number of aromatic hydroxyl groups is 1. The van der Waals surface area contributed by atoms with E-state index in [1.165, 1.54) is 10.6 Å². The monoisotopic (exact) mass is 396 g/mol. The molecule has 6 heteroatoms.